The normalized spacial score (nSPS) is 19.8. The Morgan fingerprint density at radius 3 is 2.73 bits per heavy atom. The van der Waals surface area contributed by atoms with Gasteiger partial charge in [-0.05, 0) is 50.7 Å². The lowest BCUT2D eigenvalue weighted by molar-refractivity contribution is -0.134. The molecule has 2 aromatic heterocycles. The summed E-state index contributed by atoms with van der Waals surface area (Å²) in [6.07, 6.45) is 3.57. The number of likely N-dealkylation sites (tertiary alicyclic amines) is 1. The van der Waals surface area contributed by atoms with E-state index in [0.29, 0.717) is 76.8 Å². The number of benzene rings is 1. The highest BCUT2D eigenvalue weighted by atomic mass is 19.1. The molecule has 3 N–H and O–H groups in total. The average molecular weight is 510 g/mol. The lowest BCUT2D eigenvalue weighted by Gasteiger charge is -2.36. The van der Waals surface area contributed by atoms with E-state index in [0.717, 1.165) is 12.8 Å². The summed E-state index contributed by atoms with van der Waals surface area (Å²) < 4.78 is 20.4. The summed E-state index contributed by atoms with van der Waals surface area (Å²) in [7, 11) is 0. The van der Waals surface area contributed by atoms with Crippen molar-refractivity contribution in [3.05, 3.63) is 41.1 Å². The number of nitrogens with zero attached hydrogens (tertiary/aromatic N) is 3. The molecule has 2 amide bonds. The first-order valence-corrected chi connectivity index (χ1v) is 12.8. The molecule has 1 aliphatic carbocycles. The number of rotatable bonds is 7. The zero-order chi connectivity index (χ0) is 26.3. The number of H-pyrrole nitrogens is 1. The second kappa shape index (κ2) is 10.1. The molecule has 0 radical (unpaired) electrons. The predicted molar refractivity (Wildman–Crippen MR) is 136 cm³/mol. The highest BCUT2D eigenvalue weighted by Crippen LogP contribution is 2.37. The van der Waals surface area contributed by atoms with E-state index in [1.807, 2.05) is 0 Å². The van der Waals surface area contributed by atoms with E-state index < -0.39 is 12.1 Å². The third-order valence-electron chi connectivity index (χ3n) is 7.24. The highest BCUT2D eigenvalue weighted by Gasteiger charge is 2.32. The molecule has 2 atom stereocenters. The molecule has 5 rings (SSSR count). The standard InChI is InChI=1S/C27H32FN5O4/c1-4-22(35)33-8-7-19(20(34)11-33)32-27(36)23-15(3)31-26-24(29-13-30-25(23)26)17-9-14(2)18(28)10-21(17)37-12-16-5-6-16/h9-10,13,16,19-20,31,34H,4-8,11-12H2,1-3H3,(H,32,36)/t19-,20-/m1/s1. The van der Waals surface area contributed by atoms with Gasteiger partial charge in [0, 0.05) is 36.8 Å². The topological polar surface area (TPSA) is 120 Å². The fourth-order valence-electron chi connectivity index (χ4n) is 4.85. The SMILES string of the molecule is CCC(=O)N1CC[C@@H](NC(=O)c2c(C)[nH]c3c(-c4cc(C)c(F)cc4OCC4CC4)ncnc23)[C@H](O)C1. The van der Waals surface area contributed by atoms with Crippen LogP contribution in [0.4, 0.5) is 4.39 Å². The molecule has 1 aliphatic heterocycles. The smallest absolute Gasteiger partial charge is 0.255 e. The number of carbonyl (C=O) groups is 2. The fraction of sp³-hybridized carbons (Fsp3) is 0.481. The van der Waals surface area contributed by atoms with E-state index in [1.54, 1.807) is 31.7 Å². The number of aromatic amines is 1. The number of aliphatic hydroxyl groups excluding tert-OH is 1. The molecule has 1 saturated carbocycles. The number of fused-ring (bicyclic) bond motifs is 1. The summed E-state index contributed by atoms with van der Waals surface area (Å²) >= 11 is 0. The van der Waals surface area contributed by atoms with Crippen molar-refractivity contribution in [3.8, 4) is 17.0 Å². The summed E-state index contributed by atoms with van der Waals surface area (Å²) in [6.45, 7) is 6.43. The second-order valence-electron chi connectivity index (χ2n) is 10.1. The average Bonchev–Trinajstić information content (AvgIpc) is 3.64. The minimum absolute atomic E-state index is 0.0166. The van der Waals surface area contributed by atoms with Gasteiger partial charge in [0.1, 0.15) is 29.1 Å². The van der Waals surface area contributed by atoms with Crippen LogP contribution in [0.2, 0.25) is 0 Å². The van der Waals surface area contributed by atoms with E-state index in [1.165, 1.54) is 12.4 Å². The first kappa shape index (κ1) is 25.1. The number of ether oxygens (including phenoxy) is 1. The third kappa shape index (κ3) is 5.02. The molecule has 10 heteroatoms. The van der Waals surface area contributed by atoms with E-state index in [9.17, 15) is 19.1 Å². The Kier molecular flexibility index (Phi) is 6.85. The summed E-state index contributed by atoms with van der Waals surface area (Å²) in [5.41, 5.74) is 3.55. The van der Waals surface area contributed by atoms with Gasteiger partial charge >= 0.3 is 0 Å². The Labute approximate surface area is 214 Å². The van der Waals surface area contributed by atoms with Crippen LogP contribution < -0.4 is 10.1 Å². The number of aryl methyl sites for hydroxylation is 2. The third-order valence-corrected chi connectivity index (χ3v) is 7.24. The summed E-state index contributed by atoms with van der Waals surface area (Å²) in [5.74, 6) is 0.163. The number of aliphatic hydroxyl groups is 1. The van der Waals surface area contributed by atoms with E-state index in [-0.39, 0.29) is 24.2 Å². The van der Waals surface area contributed by atoms with Gasteiger partial charge in [0.25, 0.3) is 5.91 Å². The van der Waals surface area contributed by atoms with Crippen LogP contribution in [-0.4, -0.2) is 68.6 Å². The van der Waals surface area contributed by atoms with Crippen molar-refractivity contribution < 1.29 is 23.8 Å². The lowest BCUT2D eigenvalue weighted by atomic mass is 10.0. The van der Waals surface area contributed by atoms with Gasteiger partial charge in [-0.25, -0.2) is 14.4 Å². The van der Waals surface area contributed by atoms with Crippen LogP contribution in [0.3, 0.4) is 0 Å². The van der Waals surface area contributed by atoms with Crippen LogP contribution >= 0.6 is 0 Å². The highest BCUT2D eigenvalue weighted by molar-refractivity contribution is 6.09. The summed E-state index contributed by atoms with van der Waals surface area (Å²) in [6, 6.07) is 2.61. The molecular weight excluding hydrogens is 477 g/mol. The summed E-state index contributed by atoms with van der Waals surface area (Å²) in [5, 5.41) is 13.5. The van der Waals surface area contributed by atoms with Gasteiger partial charge in [-0.3, -0.25) is 9.59 Å². The summed E-state index contributed by atoms with van der Waals surface area (Å²) in [4.78, 5) is 39.1. The molecule has 2 aliphatic rings. The van der Waals surface area contributed by atoms with Gasteiger partial charge in [-0.2, -0.15) is 0 Å². The Hall–Kier alpha value is -3.53. The van der Waals surface area contributed by atoms with Crippen molar-refractivity contribution >= 4 is 22.8 Å². The number of β-amino-alcohol motifs (C(OH)–C–C–N with tert-alkyl or cyclic N) is 1. The Morgan fingerprint density at radius 1 is 1.24 bits per heavy atom. The first-order valence-electron chi connectivity index (χ1n) is 12.8. The molecule has 0 spiro atoms. The van der Waals surface area contributed by atoms with Crippen LogP contribution in [0, 0.1) is 25.6 Å². The number of aromatic nitrogens is 3. The predicted octanol–water partition coefficient (Wildman–Crippen LogP) is 3.27. The number of amides is 2. The molecule has 0 unspecified atom stereocenters. The van der Waals surface area contributed by atoms with Gasteiger partial charge < -0.3 is 25.0 Å². The lowest BCUT2D eigenvalue weighted by Crippen LogP contribution is -2.55. The molecule has 196 valence electrons. The van der Waals surface area contributed by atoms with Crippen LogP contribution in [0.5, 0.6) is 5.75 Å². The maximum absolute atomic E-state index is 14.4. The van der Waals surface area contributed by atoms with E-state index in [2.05, 4.69) is 20.3 Å². The van der Waals surface area contributed by atoms with Crippen LogP contribution in [0.15, 0.2) is 18.5 Å². The molecule has 9 nitrogen and oxygen atoms in total. The molecular formula is C27H32FN5O4. The van der Waals surface area contributed by atoms with Crippen molar-refractivity contribution in [1.29, 1.82) is 0 Å². The maximum atomic E-state index is 14.4. The largest absolute Gasteiger partial charge is 0.492 e. The van der Waals surface area contributed by atoms with Gasteiger partial charge in [-0.1, -0.05) is 6.92 Å². The molecule has 2 fully saturated rings. The van der Waals surface area contributed by atoms with Crippen LogP contribution in [-0.2, 0) is 4.79 Å². The second-order valence-corrected chi connectivity index (χ2v) is 10.1. The first-order chi connectivity index (χ1) is 17.8. The molecule has 0 bridgehead atoms. The van der Waals surface area contributed by atoms with Crippen molar-refractivity contribution in [2.24, 2.45) is 5.92 Å². The van der Waals surface area contributed by atoms with Gasteiger partial charge in [0.05, 0.1) is 29.8 Å². The number of carbonyl (C=O) groups excluding carboxylic acids is 2. The van der Waals surface area contributed by atoms with Crippen molar-refractivity contribution in [2.45, 2.75) is 58.6 Å². The van der Waals surface area contributed by atoms with E-state index in [4.69, 9.17) is 4.74 Å². The molecule has 3 aromatic rings. The van der Waals surface area contributed by atoms with Crippen LogP contribution in [0.25, 0.3) is 22.3 Å². The molecule has 1 aromatic carbocycles. The maximum Gasteiger partial charge on any atom is 0.255 e. The van der Waals surface area contributed by atoms with E-state index >= 15 is 0 Å². The van der Waals surface area contributed by atoms with Gasteiger partial charge in [0.2, 0.25) is 5.91 Å². The number of hydrogen-bond donors (Lipinski definition) is 3. The Morgan fingerprint density at radius 2 is 2.03 bits per heavy atom. The van der Waals surface area contributed by atoms with Gasteiger partial charge in [0.15, 0.2) is 0 Å². The number of hydrogen-bond acceptors (Lipinski definition) is 6. The Bertz CT molecular complexity index is 1350. The Balaban J connectivity index is 1.44. The monoisotopic (exact) mass is 509 g/mol. The number of nitrogens with one attached hydrogen (secondary N) is 2. The number of halogens is 1. The zero-order valence-corrected chi connectivity index (χ0v) is 21.3. The van der Waals surface area contributed by atoms with Gasteiger partial charge in [-0.15, -0.1) is 0 Å². The molecule has 1 saturated heterocycles. The van der Waals surface area contributed by atoms with Crippen molar-refractivity contribution in [3.63, 3.8) is 0 Å². The number of piperidine rings is 1. The minimum atomic E-state index is -0.864. The van der Waals surface area contributed by atoms with Crippen LogP contribution in [0.1, 0.15) is 54.2 Å². The van der Waals surface area contributed by atoms with Crippen molar-refractivity contribution in [1.82, 2.24) is 25.2 Å². The molecule has 37 heavy (non-hydrogen) atoms. The minimum Gasteiger partial charge on any atom is -0.492 e. The quantitative estimate of drug-likeness (QED) is 0.450. The fourth-order valence-corrected chi connectivity index (χ4v) is 4.85. The zero-order valence-electron chi connectivity index (χ0n) is 21.3. The van der Waals surface area contributed by atoms with Crippen molar-refractivity contribution in [2.75, 3.05) is 19.7 Å². The molecule has 3 heterocycles.